The van der Waals surface area contributed by atoms with E-state index in [1.54, 1.807) is 68.2 Å². The number of hydrogen-bond donors (Lipinski definition) is 1. The summed E-state index contributed by atoms with van der Waals surface area (Å²) in [4.78, 5) is 31.9. The molecular weight excluding hydrogens is 446 g/mol. The van der Waals surface area contributed by atoms with Crippen LogP contribution < -0.4 is 9.47 Å². The molecule has 0 radical (unpaired) electrons. The van der Waals surface area contributed by atoms with Gasteiger partial charge in [-0.05, 0) is 48.4 Å². The lowest BCUT2D eigenvalue weighted by molar-refractivity contribution is -0.139. The Balaban J connectivity index is 1.73. The molecule has 2 heterocycles. The highest BCUT2D eigenvalue weighted by molar-refractivity contribution is 6.46. The summed E-state index contributed by atoms with van der Waals surface area (Å²) < 4.78 is 12.8. The highest BCUT2D eigenvalue weighted by atomic mass is 16.5. The quantitative estimate of drug-likeness (QED) is 0.207. The molecule has 0 spiro atoms. The average Bonchev–Trinajstić information content (AvgIpc) is 3.49. The molecule has 1 amide bonds. The topological polar surface area (TPSA) is 93.9 Å². The van der Waals surface area contributed by atoms with Crippen molar-refractivity contribution in [3.05, 3.63) is 96.6 Å². The van der Waals surface area contributed by atoms with Crippen LogP contribution in [-0.2, 0) is 16.1 Å². The number of ether oxygens (including phenoxy) is 2. The van der Waals surface area contributed by atoms with E-state index in [2.05, 4.69) is 11.6 Å². The molecule has 8 heteroatoms. The molecular formula is C27H27N3O5. The predicted octanol–water partition coefficient (Wildman–Crippen LogP) is 3.97. The first-order valence-corrected chi connectivity index (χ1v) is 11.3. The van der Waals surface area contributed by atoms with Crippen LogP contribution in [-0.4, -0.2) is 51.5 Å². The lowest BCUT2D eigenvalue weighted by atomic mass is 9.95. The zero-order valence-electron chi connectivity index (χ0n) is 19.5. The summed E-state index contributed by atoms with van der Waals surface area (Å²) >= 11 is 0. The van der Waals surface area contributed by atoms with Gasteiger partial charge in [-0.1, -0.05) is 24.8 Å². The first kappa shape index (κ1) is 23.8. The third-order valence-electron chi connectivity index (χ3n) is 5.82. The molecule has 35 heavy (non-hydrogen) atoms. The fraction of sp³-hybridized carbons (Fsp3) is 0.222. The van der Waals surface area contributed by atoms with E-state index in [4.69, 9.17) is 9.47 Å². The molecule has 1 aliphatic heterocycles. The number of ketones is 1. The third-order valence-corrected chi connectivity index (χ3v) is 5.82. The Morgan fingerprint density at radius 2 is 1.94 bits per heavy atom. The van der Waals surface area contributed by atoms with Crippen LogP contribution >= 0.6 is 0 Å². The Morgan fingerprint density at radius 3 is 2.63 bits per heavy atom. The van der Waals surface area contributed by atoms with Crippen molar-refractivity contribution >= 4 is 17.4 Å². The molecule has 8 nitrogen and oxygen atoms in total. The zero-order valence-corrected chi connectivity index (χ0v) is 19.5. The second-order valence-corrected chi connectivity index (χ2v) is 8.05. The molecule has 3 aromatic rings. The van der Waals surface area contributed by atoms with Crippen molar-refractivity contribution in [2.45, 2.75) is 19.0 Å². The van der Waals surface area contributed by atoms with Crippen LogP contribution in [0.4, 0.5) is 0 Å². The number of amides is 1. The van der Waals surface area contributed by atoms with Crippen LogP contribution in [0.1, 0.15) is 23.6 Å². The van der Waals surface area contributed by atoms with E-state index < -0.39 is 17.7 Å². The summed E-state index contributed by atoms with van der Waals surface area (Å²) in [6.45, 7) is 4.94. The number of aromatic nitrogens is 2. The molecule has 0 unspecified atom stereocenters. The summed E-state index contributed by atoms with van der Waals surface area (Å²) in [6, 6.07) is 13.1. The van der Waals surface area contributed by atoms with E-state index in [0.717, 1.165) is 0 Å². The second kappa shape index (κ2) is 10.7. The number of methoxy groups -OCH3 is 1. The Bertz CT molecular complexity index is 1230. The van der Waals surface area contributed by atoms with E-state index in [-0.39, 0.29) is 11.3 Å². The van der Waals surface area contributed by atoms with Gasteiger partial charge in [0.05, 0.1) is 25.1 Å². The second-order valence-electron chi connectivity index (χ2n) is 8.05. The third kappa shape index (κ3) is 5.11. The summed E-state index contributed by atoms with van der Waals surface area (Å²) in [6.07, 6.45) is 7.48. The first-order valence-electron chi connectivity index (χ1n) is 11.3. The number of aryl methyl sites for hydroxylation is 1. The zero-order chi connectivity index (χ0) is 24.8. The molecule has 2 aromatic carbocycles. The molecule has 1 N–H and O–H groups in total. The minimum Gasteiger partial charge on any atom is -0.507 e. The summed E-state index contributed by atoms with van der Waals surface area (Å²) in [5, 5.41) is 11.2. The molecule has 0 saturated carbocycles. The monoisotopic (exact) mass is 473 g/mol. The van der Waals surface area contributed by atoms with Crippen LogP contribution in [0.2, 0.25) is 0 Å². The first-order chi connectivity index (χ1) is 17.0. The molecule has 1 fully saturated rings. The van der Waals surface area contributed by atoms with E-state index in [9.17, 15) is 14.7 Å². The number of carbonyl (C=O) groups excluding carboxylic acids is 2. The minimum atomic E-state index is -0.757. The van der Waals surface area contributed by atoms with Crippen molar-refractivity contribution in [2.24, 2.45) is 0 Å². The van der Waals surface area contributed by atoms with Crippen molar-refractivity contribution in [3.8, 4) is 11.5 Å². The molecule has 180 valence electrons. The van der Waals surface area contributed by atoms with Gasteiger partial charge in [0.1, 0.15) is 23.9 Å². The molecule has 1 aromatic heterocycles. The fourth-order valence-corrected chi connectivity index (χ4v) is 4.13. The minimum absolute atomic E-state index is 0.0451. The number of aliphatic hydroxyl groups excluding tert-OH is 1. The number of Topliss-reactive ketones (excluding diaryl/α,β-unsaturated/α-hetero) is 1. The number of imidazole rings is 1. The number of rotatable bonds is 10. The molecule has 1 atom stereocenters. The van der Waals surface area contributed by atoms with Gasteiger partial charge in [-0.15, -0.1) is 0 Å². The number of hydrogen-bond acceptors (Lipinski definition) is 6. The number of nitrogens with zero attached hydrogens (tertiary/aromatic N) is 3. The number of carbonyl (C=O) groups is 2. The lowest BCUT2D eigenvalue weighted by Gasteiger charge is -2.25. The largest absolute Gasteiger partial charge is 0.507 e. The van der Waals surface area contributed by atoms with Crippen molar-refractivity contribution in [1.82, 2.24) is 14.5 Å². The summed E-state index contributed by atoms with van der Waals surface area (Å²) in [5.41, 5.74) is 1.14. The Hall–Kier alpha value is -4.33. The van der Waals surface area contributed by atoms with E-state index in [1.165, 1.54) is 4.90 Å². The van der Waals surface area contributed by atoms with Gasteiger partial charge in [0.25, 0.3) is 11.7 Å². The average molecular weight is 474 g/mol. The highest BCUT2D eigenvalue weighted by Gasteiger charge is 2.45. The van der Waals surface area contributed by atoms with Gasteiger partial charge in [0, 0.05) is 31.0 Å². The van der Waals surface area contributed by atoms with Gasteiger partial charge in [-0.3, -0.25) is 9.59 Å². The van der Waals surface area contributed by atoms with Gasteiger partial charge in [0.2, 0.25) is 0 Å². The van der Waals surface area contributed by atoms with E-state index >= 15 is 0 Å². The van der Waals surface area contributed by atoms with Gasteiger partial charge >= 0.3 is 0 Å². The molecule has 4 rings (SSSR count). The van der Waals surface area contributed by atoms with Crippen LogP contribution in [0.25, 0.3) is 5.76 Å². The maximum absolute atomic E-state index is 13.2. The van der Waals surface area contributed by atoms with Crippen LogP contribution in [0.3, 0.4) is 0 Å². The maximum atomic E-state index is 13.2. The van der Waals surface area contributed by atoms with Crippen LogP contribution in [0.5, 0.6) is 11.5 Å². The fourth-order valence-electron chi connectivity index (χ4n) is 4.13. The summed E-state index contributed by atoms with van der Waals surface area (Å²) in [5.74, 6) is -0.400. The van der Waals surface area contributed by atoms with Crippen LogP contribution in [0, 0.1) is 0 Å². The van der Waals surface area contributed by atoms with E-state index in [1.807, 2.05) is 16.8 Å². The van der Waals surface area contributed by atoms with Crippen molar-refractivity contribution in [3.63, 3.8) is 0 Å². The molecule has 1 aliphatic rings. The molecule has 0 aliphatic carbocycles. The smallest absolute Gasteiger partial charge is 0.295 e. The standard InChI is InChI=1S/C27H27N3O5/c1-3-16-35-22-7-4-6-20(17-22)24-23(25(31)19-8-10-21(34-2)11-9-19)26(32)27(33)30(24)14-5-13-29-15-12-28-18-29/h3-4,6-12,15,17-18,24,31H,1,5,13-14,16H2,2H3/b25-23+/t24-/m1/s1. The predicted molar refractivity (Wildman–Crippen MR) is 131 cm³/mol. The van der Waals surface area contributed by atoms with Gasteiger partial charge in [0.15, 0.2) is 0 Å². The number of benzene rings is 2. The Morgan fingerprint density at radius 1 is 1.14 bits per heavy atom. The normalized spacial score (nSPS) is 16.9. The Labute approximate surface area is 203 Å². The number of likely N-dealkylation sites (tertiary alicyclic amines) is 1. The molecule has 1 saturated heterocycles. The van der Waals surface area contributed by atoms with E-state index in [0.29, 0.717) is 48.7 Å². The summed E-state index contributed by atoms with van der Waals surface area (Å²) in [7, 11) is 1.55. The Kier molecular flexibility index (Phi) is 7.30. The highest BCUT2D eigenvalue weighted by Crippen LogP contribution is 2.40. The molecule has 0 bridgehead atoms. The maximum Gasteiger partial charge on any atom is 0.295 e. The van der Waals surface area contributed by atoms with Crippen molar-refractivity contribution in [1.29, 1.82) is 0 Å². The lowest BCUT2D eigenvalue weighted by Crippen LogP contribution is -2.31. The van der Waals surface area contributed by atoms with Gasteiger partial charge in [-0.25, -0.2) is 4.98 Å². The SMILES string of the molecule is C=CCOc1cccc([C@@H]2/C(=C(\O)c3ccc(OC)cc3)C(=O)C(=O)N2CCCn2ccnc2)c1. The number of aliphatic hydroxyl groups is 1. The van der Waals surface area contributed by atoms with Gasteiger partial charge in [-0.2, -0.15) is 0 Å². The van der Waals surface area contributed by atoms with Crippen molar-refractivity contribution < 1.29 is 24.2 Å². The van der Waals surface area contributed by atoms with Crippen molar-refractivity contribution in [2.75, 3.05) is 20.3 Å². The van der Waals surface area contributed by atoms with Crippen LogP contribution in [0.15, 0.2) is 85.5 Å². The van der Waals surface area contributed by atoms with Gasteiger partial charge < -0.3 is 24.0 Å².